The number of amides is 1. The fourth-order valence-electron chi connectivity index (χ4n) is 2.93. The van der Waals surface area contributed by atoms with Crippen LogP contribution in [0.1, 0.15) is 44.2 Å². The van der Waals surface area contributed by atoms with Gasteiger partial charge >= 0.3 is 0 Å². The maximum atomic E-state index is 10.9. The zero-order chi connectivity index (χ0) is 16.5. The predicted molar refractivity (Wildman–Crippen MR) is 90.5 cm³/mol. The SMILES string of the molecule is CC(c1cccc(OCCCNC(=O)CO)c1)N1CCCCC1. The Morgan fingerprint density at radius 2 is 2.13 bits per heavy atom. The zero-order valence-corrected chi connectivity index (χ0v) is 14.0. The molecule has 0 radical (unpaired) electrons. The van der Waals surface area contributed by atoms with Gasteiger partial charge in [0.1, 0.15) is 12.4 Å². The smallest absolute Gasteiger partial charge is 0.245 e. The molecule has 0 spiro atoms. The minimum Gasteiger partial charge on any atom is -0.494 e. The van der Waals surface area contributed by atoms with Gasteiger partial charge in [-0.2, -0.15) is 0 Å². The fraction of sp³-hybridized carbons (Fsp3) is 0.611. The molecular formula is C18H28N2O3. The van der Waals surface area contributed by atoms with E-state index in [2.05, 4.69) is 29.3 Å². The molecule has 1 aliphatic rings. The van der Waals surface area contributed by atoms with E-state index in [1.54, 1.807) is 0 Å². The first-order valence-electron chi connectivity index (χ1n) is 8.55. The summed E-state index contributed by atoms with van der Waals surface area (Å²) in [5.74, 6) is 0.530. The number of hydrogen-bond acceptors (Lipinski definition) is 4. The van der Waals surface area contributed by atoms with Gasteiger partial charge in [0.15, 0.2) is 0 Å². The molecule has 0 saturated carbocycles. The minimum absolute atomic E-state index is 0.345. The van der Waals surface area contributed by atoms with Crippen molar-refractivity contribution in [2.45, 2.75) is 38.6 Å². The number of hydrogen-bond donors (Lipinski definition) is 2. The van der Waals surface area contributed by atoms with Crippen molar-refractivity contribution in [2.75, 3.05) is 32.8 Å². The van der Waals surface area contributed by atoms with Crippen LogP contribution in [0.25, 0.3) is 0 Å². The summed E-state index contributed by atoms with van der Waals surface area (Å²) in [4.78, 5) is 13.4. The molecule has 5 nitrogen and oxygen atoms in total. The van der Waals surface area contributed by atoms with Crippen LogP contribution >= 0.6 is 0 Å². The summed E-state index contributed by atoms with van der Waals surface area (Å²) in [5.41, 5.74) is 1.29. The van der Waals surface area contributed by atoms with Crippen LogP contribution in [0.15, 0.2) is 24.3 Å². The molecule has 128 valence electrons. The normalized spacial score (nSPS) is 16.8. The van der Waals surface area contributed by atoms with Crippen LogP contribution in [0.3, 0.4) is 0 Å². The summed E-state index contributed by atoms with van der Waals surface area (Å²) in [6.45, 7) is 5.22. The van der Waals surface area contributed by atoms with Crippen molar-refractivity contribution in [1.29, 1.82) is 0 Å². The number of aliphatic hydroxyl groups is 1. The number of piperidine rings is 1. The number of nitrogens with zero attached hydrogens (tertiary/aromatic N) is 1. The first-order valence-corrected chi connectivity index (χ1v) is 8.55. The Bertz CT molecular complexity index is 487. The Morgan fingerprint density at radius 3 is 2.87 bits per heavy atom. The highest BCUT2D eigenvalue weighted by molar-refractivity contribution is 5.76. The topological polar surface area (TPSA) is 61.8 Å². The summed E-state index contributed by atoms with van der Waals surface area (Å²) >= 11 is 0. The molecule has 0 aliphatic carbocycles. The second kappa shape index (κ2) is 9.53. The van der Waals surface area contributed by atoms with Crippen LogP contribution in [-0.2, 0) is 4.79 Å². The molecule has 1 aromatic rings. The summed E-state index contributed by atoms with van der Waals surface area (Å²) in [5, 5.41) is 11.2. The molecule has 1 amide bonds. The molecule has 23 heavy (non-hydrogen) atoms. The molecule has 1 aromatic carbocycles. The average Bonchev–Trinajstić information content (AvgIpc) is 2.61. The number of rotatable bonds is 8. The molecule has 1 aliphatic heterocycles. The summed E-state index contributed by atoms with van der Waals surface area (Å²) < 4.78 is 5.77. The molecular weight excluding hydrogens is 292 g/mol. The van der Waals surface area contributed by atoms with E-state index in [1.165, 1.54) is 37.9 Å². The summed E-state index contributed by atoms with van der Waals surface area (Å²) in [6, 6.07) is 8.71. The lowest BCUT2D eigenvalue weighted by molar-refractivity contribution is -0.123. The number of benzene rings is 1. The Labute approximate surface area is 138 Å². The first kappa shape index (κ1) is 17.8. The van der Waals surface area contributed by atoms with Gasteiger partial charge in [-0.25, -0.2) is 0 Å². The van der Waals surface area contributed by atoms with Gasteiger partial charge in [0.2, 0.25) is 5.91 Å². The molecule has 1 fully saturated rings. The Morgan fingerprint density at radius 1 is 1.35 bits per heavy atom. The van der Waals surface area contributed by atoms with Gasteiger partial charge < -0.3 is 15.2 Å². The van der Waals surface area contributed by atoms with Crippen LogP contribution in [0, 0.1) is 0 Å². The molecule has 0 bridgehead atoms. The van der Waals surface area contributed by atoms with E-state index in [1.807, 2.05) is 12.1 Å². The number of carbonyl (C=O) groups is 1. The van der Waals surface area contributed by atoms with Crippen LogP contribution in [0.2, 0.25) is 0 Å². The standard InChI is InChI=1S/C18H28N2O3/c1-15(20-10-3-2-4-11-20)16-7-5-8-17(13-16)23-12-6-9-19-18(22)14-21/h5,7-8,13,15,21H,2-4,6,9-12,14H2,1H3,(H,19,22). The quantitative estimate of drug-likeness (QED) is 0.720. The van der Waals surface area contributed by atoms with Crippen LogP contribution in [-0.4, -0.2) is 48.8 Å². The van der Waals surface area contributed by atoms with E-state index < -0.39 is 6.61 Å². The van der Waals surface area contributed by atoms with Crippen molar-refractivity contribution in [3.63, 3.8) is 0 Å². The van der Waals surface area contributed by atoms with Gasteiger partial charge in [-0.15, -0.1) is 0 Å². The van der Waals surface area contributed by atoms with E-state index in [0.29, 0.717) is 19.2 Å². The number of likely N-dealkylation sites (tertiary alicyclic amines) is 1. The lowest BCUT2D eigenvalue weighted by Gasteiger charge is -2.32. The van der Waals surface area contributed by atoms with E-state index in [4.69, 9.17) is 9.84 Å². The van der Waals surface area contributed by atoms with Crippen LogP contribution < -0.4 is 10.1 Å². The van der Waals surface area contributed by atoms with E-state index in [-0.39, 0.29) is 5.91 Å². The molecule has 1 heterocycles. The molecule has 1 atom stereocenters. The number of nitrogens with one attached hydrogen (secondary N) is 1. The Kier molecular flexibility index (Phi) is 7.36. The van der Waals surface area contributed by atoms with Crippen LogP contribution in [0.4, 0.5) is 0 Å². The van der Waals surface area contributed by atoms with Gasteiger partial charge in [0.05, 0.1) is 6.61 Å². The first-order chi connectivity index (χ1) is 11.2. The largest absolute Gasteiger partial charge is 0.494 e. The second-order valence-electron chi connectivity index (χ2n) is 6.06. The highest BCUT2D eigenvalue weighted by Gasteiger charge is 2.18. The van der Waals surface area contributed by atoms with Crippen molar-refractivity contribution >= 4 is 5.91 Å². The monoisotopic (exact) mass is 320 g/mol. The number of carbonyl (C=O) groups excluding carboxylic acids is 1. The van der Waals surface area contributed by atoms with Crippen LogP contribution in [0.5, 0.6) is 5.75 Å². The van der Waals surface area contributed by atoms with Gasteiger partial charge in [-0.3, -0.25) is 9.69 Å². The molecule has 0 aromatic heterocycles. The molecule has 2 N–H and O–H groups in total. The third-order valence-electron chi connectivity index (χ3n) is 4.33. The maximum Gasteiger partial charge on any atom is 0.245 e. The molecule has 1 unspecified atom stereocenters. The second-order valence-corrected chi connectivity index (χ2v) is 6.06. The van der Waals surface area contributed by atoms with Gasteiger partial charge in [-0.05, 0) is 57.0 Å². The summed E-state index contributed by atoms with van der Waals surface area (Å²) in [7, 11) is 0. The highest BCUT2D eigenvalue weighted by Crippen LogP contribution is 2.26. The van der Waals surface area contributed by atoms with E-state index >= 15 is 0 Å². The van der Waals surface area contributed by atoms with Crippen molar-refractivity contribution in [3.05, 3.63) is 29.8 Å². The molecule has 2 rings (SSSR count). The van der Waals surface area contributed by atoms with E-state index in [0.717, 1.165) is 12.2 Å². The zero-order valence-electron chi connectivity index (χ0n) is 14.0. The third kappa shape index (κ3) is 5.84. The Balaban J connectivity index is 1.78. The molecule has 5 heteroatoms. The fourth-order valence-corrected chi connectivity index (χ4v) is 2.93. The average molecular weight is 320 g/mol. The van der Waals surface area contributed by atoms with Crippen molar-refractivity contribution in [2.24, 2.45) is 0 Å². The van der Waals surface area contributed by atoms with Crippen molar-refractivity contribution in [1.82, 2.24) is 10.2 Å². The maximum absolute atomic E-state index is 10.9. The lowest BCUT2D eigenvalue weighted by atomic mass is 10.0. The molecule has 1 saturated heterocycles. The van der Waals surface area contributed by atoms with Crippen molar-refractivity contribution < 1.29 is 14.6 Å². The van der Waals surface area contributed by atoms with Gasteiger partial charge in [-0.1, -0.05) is 18.6 Å². The van der Waals surface area contributed by atoms with Crippen molar-refractivity contribution in [3.8, 4) is 5.75 Å². The predicted octanol–water partition coefficient (Wildman–Crippen LogP) is 2.11. The highest BCUT2D eigenvalue weighted by atomic mass is 16.5. The van der Waals surface area contributed by atoms with E-state index in [9.17, 15) is 4.79 Å². The van der Waals surface area contributed by atoms with Gasteiger partial charge in [0.25, 0.3) is 0 Å². The lowest BCUT2D eigenvalue weighted by Crippen LogP contribution is -2.32. The number of aliphatic hydroxyl groups excluding tert-OH is 1. The third-order valence-corrected chi connectivity index (χ3v) is 4.33. The Hall–Kier alpha value is -1.59. The van der Waals surface area contributed by atoms with Gasteiger partial charge in [0, 0.05) is 12.6 Å². The minimum atomic E-state index is -0.461. The summed E-state index contributed by atoms with van der Waals surface area (Å²) in [6.07, 6.45) is 4.65. The number of ether oxygens (including phenoxy) is 1.